The molecule has 2 aromatic rings. The fourth-order valence-electron chi connectivity index (χ4n) is 2.88. The topological polar surface area (TPSA) is 34.1 Å². The maximum Gasteiger partial charge on any atom is 0.219 e. The van der Waals surface area contributed by atoms with E-state index in [1.807, 2.05) is 12.1 Å². The van der Waals surface area contributed by atoms with Crippen LogP contribution in [0.1, 0.15) is 51.7 Å². The molecule has 0 heterocycles. The summed E-state index contributed by atoms with van der Waals surface area (Å²) in [5.74, 6) is 0. The van der Waals surface area contributed by atoms with Gasteiger partial charge in [0.05, 0.1) is 0 Å². The van der Waals surface area contributed by atoms with Crippen LogP contribution in [0.3, 0.4) is 0 Å². The summed E-state index contributed by atoms with van der Waals surface area (Å²) in [5.41, 5.74) is 3.52. The van der Waals surface area contributed by atoms with Crippen LogP contribution >= 0.6 is 35.3 Å². The molecule has 0 radical (unpaired) electrons. The van der Waals surface area contributed by atoms with Crippen LogP contribution in [0.5, 0.6) is 0 Å². The summed E-state index contributed by atoms with van der Waals surface area (Å²) in [6.45, 7) is 15.3. The highest BCUT2D eigenvalue weighted by Crippen LogP contribution is 2.36. The van der Waals surface area contributed by atoms with Crippen LogP contribution in [0, 0.1) is 0 Å². The Hall–Kier alpha value is -1.69. The molecule has 0 aliphatic rings. The minimum Gasteiger partial charge on any atom is -0.282 e. The van der Waals surface area contributed by atoms with E-state index < -0.39 is 0 Å². The number of benzene rings is 2. The molecule has 2 nitrogen and oxygen atoms in total. The molecule has 0 N–H and O–H groups in total. The lowest BCUT2D eigenvalue weighted by atomic mass is 10.1. The van der Waals surface area contributed by atoms with Crippen molar-refractivity contribution in [1.29, 1.82) is 0 Å². The number of thioether (sulfide) groups is 2. The van der Waals surface area contributed by atoms with Crippen molar-refractivity contribution in [3.63, 3.8) is 0 Å². The summed E-state index contributed by atoms with van der Waals surface area (Å²) >= 11 is 4.24. The van der Waals surface area contributed by atoms with Gasteiger partial charge in [-0.15, -0.1) is 0 Å². The third kappa shape index (κ3) is 7.74. The smallest absolute Gasteiger partial charge is 0.219 e. The van der Waals surface area contributed by atoms with Crippen molar-refractivity contribution < 1.29 is 9.59 Å². The molecule has 2 aromatic carbocycles. The zero-order valence-electron chi connectivity index (χ0n) is 18.7. The van der Waals surface area contributed by atoms with Gasteiger partial charge in [-0.2, -0.15) is 0 Å². The van der Waals surface area contributed by atoms with Crippen LogP contribution in [0.15, 0.2) is 80.3 Å². The van der Waals surface area contributed by atoms with Gasteiger partial charge in [0.15, 0.2) is 0 Å². The standard InChI is InChI=1S/C26H30O2S3/c1-7-9-19-15-21(11-13-23(19)30-25(27)17(3)4)29-22-12-14-24(20(16-22)10-8-2)31-26(28)18(5)6/h11-16H,3,5,7-10H2,1-2,4,6H3. The van der Waals surface area contributed by atoms with Gasteiger partial charge in [0.1, 0.15) is 0 Å². The van der Waals surface area contributed by atoms with Gasteiger partial charge in [0.2, 0.25) is 10.2 Å². The highest BCUT2D eigenvalue weighted by Gasteiger charge is 2.13. The van der Waals surface area contributed by atoms with Crippen molar-refractivity contribution >= 4 is 45.5 Å². The average molecular weight is 471 g/mol. The zero-order chi connectivity index (χ0) is 23.0. The predicted molar refractivity (Wildman–Crippen MR) is 136 cm³/mol. The van der Waals surface area contributed by atoms with E-state index in [0.717, 1.165) is 45.3 Å². The van der Waals surface area contributed by atoms with Gasteiger partial charge in [-0.05, 0) is 109 Å². The molecule has 31 heavy (non-hydrogen) atoms. The zero-order valence-corrected chi connectivity index (χ0v) is 21.2. The number of hydrogen-bond acceptors (Lipinski definition) is 5. The molecule has 0 saturated heterocycles. The van der Waals surface area contributed by atoms with Crippen LogP contribution in [-0.4, -0.2) is 10.2 Å². The maximum atomic E-state index is 12.1. The molecule has 164 valence electrons. The molecule has 0 unspecified atom stereocenters. The lowest BCUT2D eigenvalue weighted by Crippen LogP contribution is -1.96. The summed E-state index contributed by atoms with van der Waals surface area (Å²) in [4.78, 5) is 28.6. The SMILES string of the molecule is C=C(C)C(=O)Sc1ccc(Sc2ccc(SC(=O)C(=C)C)c(CCC)c2)cc1CCC. The molecule has 5 heteroatoms. The fourth-order valence-corrected chi connectivity index (χ4v) is 5.43. The normalized spacial score (nSPS) is 10.7. The second-order valence-electron chi connectivity index (χ2n) is 7.48. The van der Waals surface area contributed by atoms with Gasteiger partial charge in [-0.25, -0.2) is 0 Å². The van der Waals surface area contributed by atoms with E-state index in [2.05, 4.69) is 51.3 Å². The minimum atomic E-state index is 0.0133. The number of carbonyl (C=O) groups is 2. The van der Waals surface area contributed by atoms with E-state index in [4.69, 9.17) is 0 Å². The largest absolute Gasteiger partial charge is 0.282 e. The van der Waals surface area contributed by atoms with Crippen molar-refractivity contribution in [2.75, 3.05) is 0 Å². The summed E-state index contributed by atoms with van der Waals surface area (Å²) < 4.78 is 0. The maximum absolute atomic E-state index is 12.1. The Morgan fingerprint density at radius 1 is 0.742 bits per heavy atom. The fraction of sp³-hybridized carbons (Fsp3) is 0.308. The van der Waals surface area contributed by atoms with Crippen molar-refractivity contribution in [2.45, 2.75) is 73.0 Å². The van der Waals surface area contributed by atoms with E-state index in [-0.39, 0.29) is 10.2 Å². The van der Waals surface area contributed by atoms with Gasteiger partial charge in [0.25, 0.3) is 0 Å². The first-order valence-corrected chi connectivity index (χ1v) is 12.9. The molecule has 0 fully saturated rings. The van der Waals surface area contributed by atoms with Gasteiger partial charge in [-0.3, -0.25) is 9.59 Å². The van der Waals surface area contributed by atoms with E-state index in [0.29, 0.717) is 11.1 Å². The molecule has 0 amide bonds. The van der Waals surface area contributed by atoms with E-state index in [1.54, 1.807) is 25.6 Å². The third-order valence-electron chi connectivity index (χ3n) is 4.44. The molecule has 0 atom stereocenters. The third-order valence-corrected chi connectivity index (χ3v) is 7.72. The van der Waals surface area contributed by atoms with E-state index >= 15 is 0 Å². The summed E-state index contributed by atoms with van der Waals surface area (Å²) in [6, 6.07) is 12.6. The Labute approximate surface area is 199 Å². The Balaban J connectivity index is 2.28. The van der Waals surface area contributed by atoms with Crippen LogP contribution in [0.4, 0.5) is 0 Å². The Bertz CT molecular complexity index is 913. The van der Waals surface area contributed by atoms with Gasteiger partial charge >= 0.3 is 0 Å². The molecule has 0 aromatic heterocycles. The van der Waals surface area contributed by atoms with Crippen molar-refractivity contribution in [2.24, 2.45) is 0 Å². The lowest BCUT2D eigenvalue weighted by molar-refractivity contribution is -0.108. The van der Waals surface area contributed by atoms with Crippen molar-refractivity contribution in [1.82, 2.24) is 0 Å². The first kappa shape index (κ1) is 25.6. The molecule has 0 aliphatic carbocycles. The van der Waals surface area contributed by atoms with E-state index in [1.165, 1.54) is 34.7 Å². The Morgan fingerprint density at radius 2 is 1.13 bits per heavy atom. The monoisotopic (exact) mass is 470 g/mol. The van der Waals surface area contributed by atoms with Gasteiger partial charge in [-0.1, -0.05) is 51.6 Å². The molecule has 0 saturated carbocycles. The lowest BCUT2D eigenvalue weighted by Gasteiger charge is -2.13. The number of aryl methyl sites for hydroxylation is 2. The highest BCUT2D eigenvalue weighted by atomic mass is 32.2. The molecule has 0 spiro atoms. The number of rotatable bonds is 10. The second-order valence-corrected chi connectivity index (χ2v) is 10.7. The second kappa shape index (κ2) is 12.4. The first-order valence-electron chi connectivity index (χ1n) is 10.4. The Morgan fingerprint density at radius 3 is 1.45 bits per heavy atom. The molecule has 0 aliphatic heterocycles. The average Bonchev–Trinajstić information content (AvgIpc) is 2.71. The summed E-state index contributed by atoms with van der Waals surface area (Å²) in [7, 11) is 0. The summed E-state index contributed by atoms with van der Waals surface area (Å²) in [6.07, 6.45) is 3.90. The quantitative estimate of drug-likeness (QED) is 0.259. The minimum absolute atomic E-state index is 0.0133. The first-order chi connectivity index (χ1) is 14.7. The molecule has 2 rings (SSSR count). The molecular formula is C26H30O2S3. The molecular weight excluding hydrogens is 440 g/mol. The van der Waals surface area contributed by atoms with Crippen LogP contribution in [-0.2, 0) is 22.4 Å². The van der Waals surface area contributed by atoms with Crippen molar-refractivity contribution in [3.8, 4) is 0 Å². The van der Waals surface area contributed by atoms with Crippen LogP contribution in [0.2, 0.25) is 0 Å². The van der Waals surface area contributed by atoms with Gasteiger partial charge in [0, 0.05) is 19.6 Å². The molecule has 0 bridgehead atoms. The van der Waals surface area contributed by atoms with Crippen molar-refractivity contribution in [3.05, 3.63) is 71.8 Å². The Kier molecular flexibility index (Phi) is 10.2. The highest BCUT2D eigenvalue weighted by molar-refractivity contribution is 8.14. The van der Waals surface area contributed by atoms with Crippen LogP contribution in [0.25, 0.3) is 0 Å². The van der Waals surface area contributed by atoms with Crippen LogP contribution < -0.4 is 0 Å². The van der Waals surface area contributed by atoms with Gasteiger partial charge < -0.3 is 0 Å². The number of hydrogen-bond donors (Lipinski definition) is 0. The summed E-state index contributed by atoms with van der Waals surface area (Å²) in [5, 5.41) is 0.0266. The predicted octanol–water partition coefficient (Wildman–Crippen LogP) is 8.13. The number of carbonyl (C=O) groups excluding carboxylic acids is 2. The van der Waals surface area contributed by atoms with E-state index in [9.17, 15) is 9.59 Å².